The van der Waals surface area contributed by atoms with Gasteiger partial charge in [0, 0.05) is 25.5 Å². The molecule has 1 aromatic rings. The van der Waals surface area contributed by atoms with Crippen molar-refractivity contribution in [1.82, 2.24) is 4.98 Å². The van der Waals surface area contributed by atoms with Gasteiger partial charge in [0.15, 0.2) is 0 Å². The van der Waals surface area contributed by atoms with Crippen molar-refractivity contribution in [2.45, 2.75) is 25.8 Å². The Morgan fingerprint density at radius 3 is 2.84 bits per heavy atom. The normalized spacial score (nSPS) is 18.0. The van der Waals surface area contributed by atoms with Crippen molar-refractivity contribution >= 4 is 23.4 Å². The summed E-state index contributed by atoms with van der Waals surface area (Å²) in [5.74, 6) is 0.0230. The van der Waals surface area contributed by atoms with E-state index in [2.05, 4.69) is 17.2 Å². The topological polar surface area (TPSA) is 71.5 Å². The lowest BCUT2D eigenvalue weighted by molar-refractivity contribution is 0.0622. The molecule has 0 amide bonds. The average molecular weight is 285 g/mol. The van der Waals surface area contributed by atoms with Gasteiger partial charge in [0.25, 0.3) is 0 Å². The lowest BCUT2D eigenvalue weighted by Gasteiger charge is -2.28. The Morgan fingerprint density at radius 1 is 1.58 bits per heavy atom. The molecule has 0 aliphatic carbocycles. The first-order chi connectivity index (χ1) is 9.08. The second kappa shape index (κ2) is 6.21. The number of rotatable bonds is 4. The van der Waals surface area contributed by atoms with Gasteiger partial charge in [-0.15, -0.1) is 0 Å². The molecule has 1 saturated heterocycles. The fourth-order valence-electron chi connectivity index (χ4n) is 2.21. The van der Waals surface area contributed by atoms with Crippen molar-refractivity contribution in [2.75, 3.05) is 18.5 Å². The highest BCUT2D eigenvalue weighted by Gasteiger charge is 2.21. The summed E-state index contributed by atoms with van der Waals surface area (Å²) in [6.45, 7) is 3.66. The van der Waals surface area contributed by atoms with Crippen LogP contribution in [0.5, 0.6) is 0 Å². The number of anilines is 1. The van der Waals surface area contributed by atoms with Crippen LogP contribution in [0.15, 0.2) is 12.3 Å². The van der Waals surface area contributed by atoms with Crippen LogP contribution in [0.4, 0.5) is 5.82 Å². The second-order valence-electron chi connectivity index (χ2n) is 4.74. The van der Waals surface area contributed by atoms with E-state index in [-0.39, 0.29) is 11.6 Å². The molecule has 1 aliphatic heterocycles. The number of pyridine rings is 1. The summed E-state index contributed by atoms with van der Waals surface area (Å²) >= 11 is 6.04. The molecule has 0 saturated carbocycles. The van der Waals surface area contributed by atoms with E-state index in [1.54, 1.807) is 0 Å². The molecule has 1 aliphatic rings. The molecule has 1 fully saturated rings. The van der Waals surface area contributed by atoms with Gasteiger partial charge in [0.1, 0.15) is 5.82 Å². The van der Waals surface area contributed by atoms with Crippen molar-refractivity contribution in [3.8, 4) is 0 Å². The van der Waals surface area contributed by atoms with Gasteiger partial charge < -0.3 is 15.2 Å². The number of hydrogen-bond acceptors (Lipinski definition) is 4. The van der Waals surface area contributed by atoms with Gasteiger partial charge in [-0.2, -0.15) is 0 Å². The Balaban J connectivity index is 2.03. The Labute approximate surface area is 116 Å². The molecule has 1 atom stereocenters. The molecule has 0 bridgehead atoms. The molecule has 6 heteroatoms. The van der Waals surface area contributed by atoms with Crippen LogP contribution in [0.2, 0.25) is 5.02 Å². The summed E-state index contributed by atoms with van der Waals surface area (Å²) in [5, 5.41) is 12.4. The Kier molecular flexibility index (Phi) is 4.61. The highest BCUT2D eigenvalue weighted by atomic mass is 35.5. The quantitative estimate of drug-likeness (QED) is 0.889. The minimum Gasteiger partial charge on any atom is -0.478 e. The van der Waals surface area contributed by atoms with Gasteiger partial charge in [-0.3, -0.25) is 0 Å². The van der Waals surface area contributed by atoms with E-state index < -0.39 is 5.97 Å². The largest absolute Gasteiger partial charge is 0.478 e. The molecular formula is C13H17ClN2O3. The van der Waals surface area contributed by atoms with Gasteiger partial charge in [-0.1, -0.05) is 11.6 Å². The zero-order valence-electron chi connectivity index (χ0n) is 10.7. The van der Waals surface area contributed by atoms with Crippen LogP contribution >= 0.6 is 11.6 Å². The zero-order chi connectivity index (χ0) is 13.8. The zero-order valence-corrected chi connectivity index (χ0v) is 11.5. The minimum absolute atomic E-state index is 0.0919. The number of hydrogen-bond donors (Lipinski definition) is 2. The maximum absolute atomic E-state index is 10.8. The predicted octanol–water partition coefficient (Wildman–Crippen LogP) is 2.66. The first kappa shape index (κ1) is 14.1. The van der Waals surface area contributed by atoms with E-state index in [9.17, 15) is 4.79 Å². The fourth-order valence-corrected chi connectivity index (χ4v) is 2.43. The standard InChI is InChI=1S/C13H17ClN2O3/c1-8(9-2-4-19-5-3-9)16-12-11(14)6-10(7-15-12)13(17)18/h6-9H,2-5H2,1H3,(H,15,16)(H,17,18). The van der Waals surface area contributed by atoms with Crippen molar-refractivity contribution < 1.29 is 14.6 Å². The van der Waals surface area contributed by atoms with E-state index in [1.165, 1.54) is 12.3 Å². The van der Waals surface area contributed by atoms with Crippen molar-refractivity contribution in [2.24, 2.45) is 5.92 Å². The number of carbonyl (C=O) groups is 1. The van der Waals surface area contributed by atoms with Crippen LogP contribution in [0, 0.1) is 5.92 Å². The number of carboxylic acids is 1. The van der Waals surface area contributed by atoms with E-state index in [4.69, 9.17) is 21.4 Å². The molecule has 0 spiro atoms. The third-order valence-electron chi connectivity index (χ3n) is 3.43. The van der Waals surface area contributed by atoms with Gasteiger partial charge in [-0.05, 0) is 31.7 Å². The summed E-state index contributed by atoms with van der Waals surface area (Å²) in [6.07, 6.45) is 3.34. The fraction of sp³-hybridized carbons (Fsp3) is 0.538. The third kappa shape index (κ3) is 3.58. The monoisotopic (exact) mass is 284 g/mol. The van der Waals surface area contributed by atoms with E-state index in [1.807, 2.05) is 0 Å². The van der Waals surface area contributed by atoms with Crippen LogP contribution < -0.4 is 5.32 Å². The summed E-state index contributed by atoms with van der Waals surface area (Å²) in [5.41, 5.74) is 0.0919. The van der Waals surface area contributed by atoms with Gasteiger partial charge in [-0.25, -0.2) is 9.78 Å². The predicted molar refractivity (Wildman–Crippen MR) is 72.8 cm³/mol. The molecule has 2 rings (SSSR count). The van der Waals surface area contributed by atoms with Crippen LogP contribution in [0.25, 0.3) is 0 Å². The van der Waals surface area contributed by atoms with Crippen molar-refractivity contribution in [3.63, 3.8) is 0 Å². The van der Waals surface area contributed by atoms with E-state index >= 15 is 0 Å². The third-order valence-corrected chi connectivity index (χ3v) is 3.71. The van der Waals surface area contributed by atoms with Crippen LogP contribution in [0.3, 0.4) is 0 Å². The summed E-state index contributed by atoms with van der Waals surface area (Å²) in [6, 6.07) is 1.64. The van der Waals surface area contributed by atoms with E-state index in [0.717, 1.165) is 26.1 Å². The maximum Gasteiger partial charge on any atom is 0.337 e. The smallest absolute Gasteiger partial charge is 0.337 e. The number of aromatic nitrogens is 1. The highest BCUT2D eigenvalue weighted by molar-refractivity contribution is 6.33. The van der Waals surface area contributed by atoms with Crippen LogP contribution in [-0.4, -0.2) is 35.3 Å². The first-order valence-electron chi connectivity index (χ1n) is 6.31. The molecule has 1 aromatic heterocycles. The number of carboxylic acid groups (broad SMARTS) is 1. The molecule has 104 valence electrons. The number of ether oxygens (including phenoxy) is 1. The lowest BCUT2D eigenvalue weighted by Crippen LogP contribution is -2.31. The number of nitrogens with one attached hydrogen (secondary N) is 1. The van der Waals surface area contributed by atoms with Crippen molar-refractivity contribution in [3.05, 3.63) is 22.8 Å². The summed E-state index contributed by atoms with van der Waals surface area (Å²) in [7, 11) is 0. The number of aromatic carboxylic acids is 1. The van der Waals surface area contributed by atoms with Crippen LogP contribution in [-0.2, 0) is 4.74 Å². The summed E-state index contributed by atoms with van der Waals surface area (Å²) < 4.78 is 5.33. The van der Waals surface area contributed by atoms with Crippen LogP contribution in [0.1, 0.15) is 30.1 Å². The molecule has 1 unspecified atom stereocenters. The molecular weight excluding hydrogens is 268 g/mol. The second-order valence-corrected chi connectivity index (χ2v) is 5.15. The summed E-state index contributed by atoms with van der Waals surface area (Å²) in [4.78, 5) is 14.9. The van der Waals surface area contributed by atoms with Crippen molar-refractivity contribution in [1.29, 1.82) is 0 Å². The maximum atomic E-state index is 10.8. The molecule has 19 heavy (non-hydrogen) atoms. The molecule has 2 N–H and O–H groups in total. The molecule has 2 heterocycles. The Morgan fingerprint density at radius 2 is 2.26 bits per heavy atom. The lowest BCUT2D eigenvalue weighted by atomic mass is 9.93. The molecule has 0 radical (unpaired) electrons. The highest BCUT2D eigenvalue weighted by Crippen LogP contribution is 2.25. The first-order valence-corrected chi connectivity index (χ1v) is 6.69. The molecule has 5 nitrogen and oxygen atoms in total. The van der Waals surface area contributed by atoms with Gasteiger partial charge >= 0.3 is 5.97 Å². The Bertz CT molecular complexity index is 461. The Hall–Kier alpha value is -1.33. The van der Waals surface area contributed by atoms with E-state index in [0.29, 0.717) is 16.8 Å². The molecule has 0 aromatic carbocycles. The van der Waals surface area contributed by atoms with Gasteiger partial charge in [0.2, 0.25) is 0 Å². The number of halogens is 1. The minimum atomic E-state index is -1.03. The van der Waals surface area contributed by atoms with Gasteiger partial charge in [0.05, 0.1) is 10.6 Å². The SMILES string of the molecule is CC(Nc1ncc(C(=O)O)cc1Cl)C1CCOCC1. The average Bonchev–Trinajstić information content (AvgIpc) is 2.41. The number of nitrogens with zero attached hydrogens (tertiary/aromatic N) is 1.